The van der Waals surface area contributed by atoms with Gasteiger partial charge in [0.05, 0.1) is 11.6 Å². The van der Waals surface area contributed by atoms with Crippen molar-refractivity contribution < 1.29 is 9.59 Å². The van der Waals surface area contributed by atoms with E-state index >= 15 is 0 Å². The average molecular weight is 405 g/mol. The number of carbonyl (C=O) groups is 2. The molecule has 2 aromatic carbocycles. The molecule has 0 saturated carbocycles. The van der Waals surface area contributed by atoms with Crippen LogP contribution in [0.5, 0.6) is 0 Å². The zero-order valence-electron chi connectivity index (χ0n) is 17.7. The molecule has 1 saturated heterocycles. The standard InChI is InChI=1S/C24H28N4O2/c1-16(2)26-24(30)27-22-14-21(7-4-17(22)3)23(29)28-12-10-20(11-13-28)19-8-5-18(15-25)6-9-19/h4-9,14,16,20H,10-13H2,1-3H3,(H2,26,27,30). The highest BCUT2D eigenvalue weighted by Gasteiger charge is 2.25. The maximum atomic E-state index is 13.0. The summed E-state index contributed by atoms with van der Waals surface area (Å²) in [7, 11) is 0. The first-order valence-electron chi connectivity index (χ1n) is 10.3. The summed E-state index contributed by atoms with van der Waals surface area (Å²) in [5.41, 5.74) is 4.02. The molecular weight excluding hydrogens is 376 g/mol. The fourth-order valence-corrected chi connectivity index (χ4v) is 3.74. The molecule has 1 fully saturated rings. The summed E-state index contributed by atoms with van der Waals surface area (Å²) in [6, 6.07) is 15.1. The second kappa shape index (κ2) is 9.45. The molecule has 2 aromatic rings. The minimum absolute atomic E-state index is 0.0133. The molecular formula is C24H28N4O2. The zero-order chi connectivity index (χ0) is 21.7. The first-order valence-corrected chi connectivity index (χ1v) is 10.3. The number of amides is 3. The number of rotatable bonds is 4. The second-order valence-corrected chi connectivity index (χ2v) is 8.08. The molecule has 0 bridgehead atoms. The van der Waals surface area contributed by atoms with E-state index in [1.807, 2.05) is 62.1 Å². The fourth-order valence-electron chi connectivity index (χ4n) is 3.74. The van der Waals surface area contributed by atoms with E-state index in [1.165, 1.54) is 5.56 Å². The number of benzene rings is 2. The maximum Gasteiger partial charge on any atom is 0.319 e. The van der Waals surface area contributed by atoms with Gasteiger partial charge in [0.2, 0.25) is 0 Å². The van der Waals surface area contributed by atoms with Crippen LogP contribution in [-0.4, -0.2) is 36.0 Å². The number of anilines is 1. The van der Waals surface area contributed by atoms with Crippen LogP contribution < -0.4 is 10.6 Å². The Kier molecular flexibility index (Phi) is 6.73. The van der Waals surface area contributed by atoms with Gasteiger partial charge in [-0.25, -0.2) is 4.79 Å². The van der Waals surface area contributed by atoms with Gasteiger partial charge >= 0.3 is 6.03 Å². The molecule has 1 heterocycles. The van der Waals surface area contributed by atoms with Crippen molar-refractivity contribution in [3.05, 3.63) is 64.7 Å². The van der Waals surface area contributed by atoms with Crippen molar-refractivity contribution in [3.63, 3.8) is 0 Å². The van der Waals surface area contributed by atoms with E-state index in [9.17, 15) is 9.59 Å². The van der Waals surface area contributed by atoms with E-state index in [0.29, 0.717) is 35.8 Å². The third kappa shape index (κ3) is 5.18. The van der Waals surface area contributed by atoms with Crippen molar-refractivity contribution in [3.8, 4) is 6.07 Å². The van der Waals surface area contributed by atoms with Crippen molar-refractivity contribution in [1.29, 1.82) is 5.26 Å². The smallest absolute Gasteiger partial charge is 0.319 e. The minimum atomic E-state index is -0.277. The first kappa shape index (κ1) is 21.4. The molecule has 0 unspecified atom stereocenters. The molecule has 3 rings (SSSR count). The molecule has 1 aliphatic rings. The molecule has 0 atom stereocenters. The number of aryl methyl sites for hydroxylation is 1. The number of hydrogen-bond acceptors (Lipinski definition) is 3. The molecule has 2 N–H and O–H groups in total. The van der Waals surface area contributed by atoms with Gasteiger partial charge in [0.25, 0.3) is 5.91 Å². The van der Waals surface area contributed by atoms with E-state index < -0.39 is 0 Å². The fraction of sp³-hybridized carbons (Fsp3) is 0.375. The van der Waals surface area contributed by atoms with Gasteiger partial charge in [0, 0.05) is 30.4 Å². The Labute approximate surface area is 177 Å². The Balaban J connectivity index is 1.63. The molecule has 156 valence electrons. The van der Waals surface area contributed by atoms with Gasteiger partial charge in [-0.15, -0.1) is 0 Å². The number of urea groups is 1. The van der Waals surface area contributed by atoms with Gasteiger partial charge < -0.3 is 15.5 Å². The number of nitriles is 1. The molecule has 6 nitrogen and oxygen atoms in total. The molecule has 6 heteroatoms. The Morgan fingerprint density at radius 3 is 2.37 bits per heavy atom. The van der Waals surface area contributed by atoms with Crippen LogP contribution in [-0.2, 0) is 0 Å². The van der Waals surface area contributed by atoms with Crippen molar-refractivity contribution in [2.75, 3.05) is 18.4 Å². The van der Waals surface area contributed by atoms with E-state index in [2.05, 4.69) is 16.7 Å². The van der Waals surface area contributed by atoms with E-state index in [1.54, 1.807) is 6.07 Å². The van der Waals surface area contributed by atoms with Crippen LogP contribution in [0.3, 0.4) is 0 Å². The number of nitrogens with one attached hydrogen (secondary N) is 2. The zero-order valence-corrected chi connectivity index (χ0v) is 17.7. The summed E-state index contributed by atoms with van der Waals surface area (Å²) in [6.07, 6.45) is 1.79. The van der Waals surface area contributed by atoms with Gasteiger partial charge in [-0.2, -0.15) is 5.26 Å². The van der Waals surface area contributed by atoms with Crippen LogP contribution in [0.15, 0.2) is 42.5 Å². The van der Waals surface area contributed by atoms with Gasteiger partial charge in [-0.1, -0.05) is 18.2 Å². The number of piperidine rings is 1. The minimum Gasteiger partial charge on any atom is -0.339 e. The van der Waals surface area contributed by atoms with Crippen LogP contribution in [0.4, 0.5) is 10.5 Å². The maximum absolute atomic E-state index is 13.0. The average Bonchev–Trinajstić information content (AvgIpc) is 2.74. The third-order valence-corrected chi connectivity index (χ3v) is 5.45. The van der Waals surface area contributed by atoms with Gasteiger partial charge in [0.15, 0.2) is 0 Å². The quantitative estimate of drug-likeness (QED) is 0.791. The van der Waals surface area contributed by atoms with Crippen molar-refractivity contribution in [1.82, 2.24) is 10.2 Å². The summed E-state index contributed by atoms with van der Waals surface area (Å²) in [5, 5.41) is 14.6. The number of nitrogens with zero attached hydrogens (tertiary/aromatic N) is 2. The Morgan fingerprint density at radius 2 is 1.77 bits per heavy atom. The third-order valence-electron chi connectivity index (χ3n) is 5.45. The van der Waals surface area contributed by atoms with Gasteiger partial charge in [-0.05, 0) is 74.9 Å². The van der Waals surface area contributed by atoms with E-state index in [0.717, 1.165) is 18.4 Å². The predicted octanol–water partition coefficient (Wildman–Crippen LogP) is 4.42. The lowest BCUT2D eigenvalue weighted by Crippen LogP contribution is -2.38. The number of likely N-dealkylation sites (tertiary alicyclic amines) is 1. The molecule has 0 spiro atoms. The van der Waals surface area contributed by atoms with E-state index in [-0.39, 0.29) is 18.0 Å². The molecule has 30 heavy (non-hydrogen) atoms. The Hall–Kier alpha value is -3.33. The number of hydrogen-bond donors (Lipinski definition) is 2. The highest BCUT2D eigenvalue weighted by atomic mass is 16.2. The SMILES string of the molecule is Cc1ccc(C(=O)N2CCC(c3ccc(C#N)cc3)CC2)cc1NC(=O)NC(C)C. The number of carbonyl (C=O) groups excluding carboxylic acids is 2. The summed E-state index contributed by atoms with van der Waals surface area (Å²) < 4.78 is 0. The molecule has 0 radical (unpaired) electrons. The van der Waals surface area contributed by atoms with Crippen molar-refractivity contribution >= 4 is 17.6 Å². The monoisotopic (exact) mass is 404 g/mol. The molecule has 1 aliphatic heterocycles. The van der Waals surface area contributed by atoms with Crippen LogP contribution >= 0.6 is 0 Å². The predicted molar refractivity (Wildman–Crippen MR) is 118 cm³/mol. The topological polar surface area (TPSA) is 85.2 Å². The van der Waals surface area contributed by atoms with Crippen molar-refractivity contribution in [2.45, 2.75) is 45.6 Å². The summed E-state index contributed by atoms with van der Waals surface area (Å²) in [4.78, 5) is 26.9. The van der Waals surface area contributed by atoms with Gasteiger partial charge in [-0.3, -0.25) is 4.79 Å². The second-order valence-electron chi connectivity index (χ2n) is 8.08. The normalized spacial score (nSPS) is 14.3. The largest absolute Gasteiger partial charge is 0.339 e. The summed E-state index contributed by atoms with van der Waals surface area (Å²) in [6.45, 7) is 7.08. The Morgan fingerprint density at radius 1 is 1.10 bits per heavy atom. The van der Waals surface area contributed by atoms with Crippen LogP contribution in [0.2, 0.25) is 0 Å². The highest BCUT2D eigenvalue weighted by Crippen LogP contribution is 2.29. The Bertz CT molecular complexity index is 952. The first-order chi connectivity index (χ1) is 14.4. The highest BCUT2D eigenvalue weighted by molar-refractivity contribution is 5.97. The lowest BCUT2D eigenvalue weighted by atomic mass is 9.89. The summed E-state index contributed by atoms with van der Waals surface area (Å²) in [5.74, 6) is 0.386. The lowest BCUT2D eigenvalue weighted by molar-refractivity contribution is 0.0713. The van der Waals surface area contributed by atoms with Crippen LogP contribution in [0.25, 0.3) is 0 Å². The van der Waals surface area contributed by atoms with Crippen LogP contribution in [0.1, 0.15) is 59.7 Å². The van der Waals surface area contributed by atoms with Crippen molar-refractivity contribution in [2.24, 2.45) is 0 Å². The summed E-state index contributed by atoms with van der Waals surface area (Å²) >= 11 is 0. The lowest BCUT2D eigenvalue weighted by Gasteiger charge is -2.32. The van der Waals surface area contributed by atoms with E-state index in [4.69, 9.17) is 5.26 Å². The molecule has 3 amide bonds. The van der Waals surface area contributed by atoms with Gasteiger partial charge in [0.1, 0.15) is 0 Å². The molecule has 0 aromatic heterocycles. The molecule has 0 aliphatic carbocycles. The van der Waals surface area contributed by atoms with Crippen LogP contribution in [0, 0.1) is 18.3 Å².